The summed E-state index contributed by atoms with van der Waals surface area (Å²) in [6.07, 6.45) is 60.5. The van der Waals surface area contributed by atoms with Gasteiger partial charge in [0.2, 0.25) is 0 Å². The van der Waals surface area contributed by atoms with Crippen LogP contribution in [0, 0.1) is 0 Å². The van der Waals surface area contributed by atoms with E-state index in [-0.39, 0.29) is 18.0 Å². The van der Waals surface area contributed by atoms with Gasteiger partial charge < -0.3 is 29.2 Å². The van der Waals surface area contributed by atoms with Crippen molar-refractivity contribution in [3.05, 3.63) is 24.3 Å². The number of alkyl carbamates (subject to hydrolysis) is 1. The largest absolute Gasteiger partial charge is 0.466 e. The number of hydrogen-bond acceptors (Lipinski definition) is 8. The van der Waals surface area contributed by atoms with Gasteiger partial charge in [0.05, 0.1) is 26.4 Å². The van der Waals surface area contributed by atoms with Crippen LogP contribution in [0.5, 0.6) is 0 Å². The second-order valence-corrected chi connectivity index (χ2v) is 21.0. The smallest absolute Gasteiger partial charge is 0.407 e. The SMILES string of the molecule is CCCCCCCC/C=C\CCCCCCCCCCCC(=O)OCCCCCC(CCCCCOC(=O)CCCCCCCCCCC/C=C\CCCCCCCC)OC(=O)NCCOCCN(C)C. The number of esters is 2. The molecule has 0 saturated heterocycles. The van der Waals surface area contributed by atoms with E-state index < -0.39 is 6.09 Å². The fourth-order valence-electron chi connectivity index (χ4n) is 8.94. The normalized spacial score (nSPS) is 11.7. The van der Waals surface area contributed by atoms with Gasteiger partial charge in [-0.05, 0) is 130 Å². The Balaban J connectivity index is 4.02. The van der Waals surface area contributed by atoms with Crippen LogP contribution in [-0.2, 0) is 28.5 Å². The Morgan fingerprint density at radius 2 is 0.746 bits per heavy atom. The van der Waals surface area contributed by atoms with Gasteiger partial charge >= 0.3 is 18.0 Å². The summed E-state index contributed by atoms with van der Waals surface area (Å²) in [5.41, 5.74) is 0. The summed E-state index contributed by atoms with van der Waals surface area (Å²) in [5, 5.41) is 2.83. The third-order valence-corrected chi connectivity index (χ3v) is 13.6. The highest BCUT2D eigenvalue weighted by Crippen LogP contribution is 2.17. The van der Waals surface area contributed by atoms with Crippen molar-refractivity contribution in [2.75, 3.05) is 53.6 Å². The molecular formula is C62H118N2O7. The molecule has 0 heterocycles. The Morgan fingerprint density at radius 3 is 1.11 bits per heavy atom. The number of carbonyl (C=O) groups is 3. The van der Waals surface area contributed by atoms with Crippen LogP contribution in [-0.4, -0.2) is 82.6 Å². The van der Waals surface area contributed by atoms with Crippen LogP contribution in [0.3, 0.4) is 0 Å². The van der Waals surface area contributed by atoms with E-state index in [1.807, 2.05) is 14.1 Å². The van der Waals surface area contributed by atoms with E-state index in [1.165, 1.54) is 193 Å². The predicted octanol–water partition coefficient (Wildman–Crippen LogP) is 18.1. The van der Waals surface area contributed by atoms with Crippen molar-refractivity contribution in [1.82, 2.24) is 10.2 Å². The van der Waals surface area contributed by atoms with Crippen LogP contribution in [0.2, 0.25) is 0 Å². The van der Waals surface area contributed by atoms with E-state index in [0.29, 0.717) is 45.8 Å². The minimum atomic E-state index is -0.408. The van der Waals surface area contributed by atoms with Crippen molar-refractivity contribution in [3.63, 3.8) is 0 Å². The van der Waals surface area contributed by atoms with Crippen molar-refractivity contribution < 1.29 is 33.3 Å². The molecule has 418 valence electrons. The van der Waals surface area contributed by atoms with E-state index in [4.69, 9.17) is 18.9 Å². The Labute approximate surface area is 440 Å². The zero-order valence-electron chi connectivity index (χ0n) is 47.5. The lowest BCUT2D eigenvalue weighted by atomic mass is 10.0. The van der Waals surface area contributed by atoms with E-state index in [9.17, 15) is 14.4 Å². The van der Waals surface area contributed by atoms with Gasteiger partial charge in [-0.15, -0.1) is 0 Å². The molecule has 0 saturated carbocycles. The van der Waals surface area contributed by atoms with Gasteiger partial charge in [-0.25, -0.2) is 4.79 Å². The first-order valence-electron chi connectivity index (χ1n) is 30.7. The maximum atomic E-state index is 12.6. The highest BCUT2D eigenvalue weighted by molar-refractivity contribution is 5.69. The predicted molar refractivity (Wildman–Crippen MR) is 302 cm³/mol. The van der Waals surface area contributed by atoms with Gasteiger partial charge in [0.1, 0.15) is 6.10 Å². The third-order valence-electron chi connectivity index (χ3n) is 13.6. The molecule has 0 aliphatic heterocycles. The van der Waals surface area contributed by atoms with Gasteiger partial charge in [0.15, 0.2) is 0 Å². The number of allylic oxidation sites excluding steroid dienone is 4. The first-order chi connectivity index (χ1) is 34.9. The third kappa shape index (κ3) is 58.4. The average molecular weight is 1000 g/mol. The van der Waals surface area contributed by atoms with E-state index in [1.54, 1.807) is 0 Å². The maximum Gasteiger partial charge on any atom is 0.407 e. The summed E-state index contributed by atoms with van der Waals surface area (Å²) in [4.78, 5) is 39.4. The summed E-state index contributed by atoms with van der Waals surface area (Å²) in [6, 6.07) is 0. The molecule has 0 aliphatic carbocycles. The van der Waals surface area contributed by atoms with E-state index in [0.717, 1.165) is 83.6 Å². The molecule has 0 aromatic carbocycles. The Morgan fingerprint density at radius 1 is 0.408 bits per heavy atom. The van der Waals surface area contributed by atoms with Crippen LogP contribution in [0.1, 0.15) is 296 Å². The molecule has 0 aromatic heterocycles. The number of likely N-dealkylation sites (N-methyl/N-ethyl adjacent to an activating group) is 1. The lowest BCUT2D eigenvalue weighted by Crippen LogP contribution is -2.32. The number of hydrogen-bond donors (Lipinski definition) is 1. The van der Waals surface area contributed by atoms with Gasteiger partial charge in [-0.3, -0.25) is 9.59 Å². The summed E-state index contributed by atoms with van der Waals surface area (Å²) in [5.74, 6) is -0.167. The van der Waals surface area contributed by atoms with Crippen LogP contribution in [0.25, 0.3) is 0 Å². The molecular weight excluding hydrogens is 885 g/mol. The standard InChI is InChI=1S/C62H118N2O7/c1-5-7-9-11-13-15-17-19-21-23-25-27-29-31-33-35-37-39-45-51-60(65)69-55-47-41-43-49-59(71-62(67)63-53-57-68-58-54-64(3)4)50-44-42-48-56-70-61(66)52-46-40-38-36-34-32-30-28-26-24-22-20-18-16-14-12-10-8-6-2/h19-22,59H,5-18,23-58H2,1-4H3,(H,63,67)/b21-19-,22-20-. The first kappa shape index (κ1) is 68.6. The fourth-order valence-corrected chi connectivity index (χ4v) is 8.94. The van der Waals surface area contributed by atoms with E-state index in [2.05, 4.69) is 48.4 Å². The molecule has 9 heteroatoms. The summed E-state index contributed by atoms with van der Waals surface area (Å²) < 4.78 is 22.5. The molecule has 1 N–H and O–H groups in total. The van der Waals surface area contributed by atoms with Gasteiger partial charge in [0, 0.05) is 25.9 Å². The summed E-state index contributed by atoms with van der Waals surface area (Å²) >= 11 is 0. The molecule has 0 atom stereocenters. The van der Waals surface area contributed by atoms with Gasteiger partial charge in [-0.2, -0.15) is 0 Å². The van der Waals surface area contributed by atoms with Crippen molar-refractivity contribution in [1.29, 1.82) is 0 Å². The van der Waals surface area contributed by atoms with Crippen LogP contribution in [0.15, 0.2) is 24.3 Å². The number of ether oxygens (including phenoxy) is 4. The molecule has 0 unspecified atom stereocenters. The van der Waals surface area contributed by atoms with Gasteiger partial charge in [-0.1, -0.05) is 192 Å². The summed E-state index contributed by atoms with van der Waals surface area (Å²) in [6.45, 7) is 7.76. The minimum Gasteiger partial charge on any atom is -0.466 e. The molecule has 71 heavy (non-hydrogen) atoms. The van der Waals surface area contributed by atoms with Crippen molar-refractivity contribution in [2.45, 2.75) is 302 Å². The van der Waals surface area contributed by atoms with Crippen LogP contribution < -0.4 is 5.32 Å². The van der Waals surface area contributed by atoms with Crippen molar-refractivity contribution in [3.8, 4) is 0 Å². The average Bonchev–Trinajstić information content (AvgIpc) is 3.35. The molecule has 0 rings (SSSR count). The second kappa shape index (κ2) is 58.5. The monoisotopic (exact) mass is 1000 g/mol. The quantitative estimate of drug-likeness (QED) is 0.0278. The number of nitrogens with zero attached hydrogens (tertiary/aromatic N) is 1. The lowest BCUT2D eigenvalue weighted by Gasteiger charge is -2.18. The van der Waals surface area contributed by atoms with E-state index >= 15 is 0 Å². The number of carbonyl (C=O) groups excluding carboxylic acids is 3. The zero-order valence-corrected chi connectivity index (χ0v) is 47.5. The highest BCUT2D eigenvalue weighted by atomic mass is 16.6. The molecule has 0 bridgehead atoms. The Bertz CT molecular complexity index is 1100. The molecule has 1 amide bonds. The highest BCUT2D eigenvalue weighted by Gasteiger charge is 2.15. The molecule has 0 spiro atoms. The number of unbranched alkanes of at least 4 members (excludes halogenated alkanes) is 34. The Hall–Kier alpha value is -2.39. The second-order valence-electron chi connectivity index (χ2n) is 21.0. The zero-order chi connectivity index (χ0) is 51.6. The minimum absolute atomic E-state index is 0.0837. The number of amides is 1. The summed E-state index contributed by atoms with van der Waals surface area (Å²) in [7, 11) is 4.01. The lowest BCUT2D eigenvalue weighted by molar-refractivity contribution is -0.144. The molecule has 9 nitrogen and oxygen atoms in total. The maximum absolute atomic E-state index is 12.6. The van der Waals surface area contributed by atoms with Crippen molar-refractivity contribution in [2.24, 2.45) is 0 Å². The molecule has 0 fully saturated rings. The van der Waals surface area contributed by atoms with Crippen LogP contribution >= 0.6 is 0 Å². The molecule has 0 radical (unpaired) electrons. The molecule has 0 aromatic rings. The number of rotatable bonds is 57. The van der Waals surface area contributed by atoms with Gasteiger partial charge in [0.25, 0.3) is 0 Å². The van der Waals surface area contributed by atoms with Crippen molar-refractivity contribution >= 4 is 18.0 Å². The fraction of sp³-hybridized carbons (Fsp3) is 0.887. The Kier molecular flexibility index (Phi) is 56.5. The number of nitrogens with one attached hydrogen (secondary N) is 1. The van der Waals surface area contributed by atoms with Crippen LogP contribution in [0.4, 0.5) is 4.79 Å². The molecule has 0 aliphatic rings. The topological polar surface area (TPSA) is 103 Å². The first-order valence-corrected chi connectivity index (χ1v) is 30.7.